The van der Waals surface area contributed by atoms with E-state index >= 15 is 0 Å². The van der Waals surface area contributed by atoms with Crippen LogP contribution in [0.2, 0.25) is 0 Å². The molecule has 0 radical (unpaired) electrons. The number of benzene rings is 1. The summed E-state index contributed by atoms with van der Waals surface area (Å²) in [5.41, 5.74) is 1.18. The molecule has 1 aliphatic heterocycles. The Morgan fingerprint density at radius 1 is 1.33 bits per heavy atom. The molecule has 0 aliphatic carbocycles. The van der Waals surface area contributed by atoms with Gasteiger partial charge in [0.15, 0.2) is 0 Å². The fraction of sp³-hybridized carbons (Fsp3) is 0.333. The third kappa shape index (κ3) is 2.90. The standard InChI is InChI=1S/C15H15FN2O2S/c16-12-4-2-1-3-11(12)13-9-21-14(17-13)10-5-7-18(8-6-10)15(19)20/h1-4,9-10H,5-8H2,(H,19,20). The van der Waals surface area contributed by atoms with E-state index < -0.39 is 6.09 Å². The molecule has 1 aromatic carbocycles. The zero-order valence-corrected chi connectivity index (χ0v) is 12.1. The molecule has 0 unspecified atom stereocenters. The lowest BCUT2D eigenvalue weighted by molar-refractivity contribution is 0.132. The molecule has 2 aromatic rings. The van der Waals surface area contributed by atoms with Gasteiger partial charge in [-0.25, -0.2) is 14.2 Å². The average Bonchev–Trinajstić information content (AvgIpc) is 2.97. The zero-order chi connectivity index (χ0) is 14.8. The SMILES string of the molecule is O=C(O)N1CCC(c2nc(-c3ccccc3F)cs2)CC1. The van der Waals surface area contributed by atoms with E-state index in [0.29, 0.717) is 24.3 Å². The van der Waals surface area contributed by atoms with Crippen molar-refractivity contribution in [1.82, 2.24) is 9.88 Å². The predicted molar refractivity (Wildman–Crippen MR) is 79.1 cm³/mol. The van der Waals surface area contributed by atoms with Gasteiger partial charge in [0, 0.05) is 30.0 Å². The van der Waals surface area contributed by atoms with E-state index in [1.165, 1.54) is 22.3 Å². The number of amides is 1. The quantitative estimate of drug-likeness (QED) is 0.918. The van der Waals surface area contributed by atoms with E-state index in [1.807, 2.05) is 5.38 Å². The van der Waals surface area contributed by atoms with Gasteiger partial charge in [0.1, 0.15) is 5.82 Å². The van der Waals surface area contributed by atoms with Gasteiger partial charge in [0.05, 0.1) is 10.7 Å². The Hall–Kier alpha value is -1.95. The van der Waals surface area contributed by atoms with Crippen LogP contribution in [-0.2, 0) is 0 Å². The molecule has 4 nitrogen and oxygen atoms in total. The van der Waals surface area contributed by atoms with E-state index in [0.717, 1.165) is 17.8 Å². The highest BCUT2D eigenvalue weighted by atomic mass is 32.1. The summed E-state index contributed by atoms with van der Waals surface area (Å²) in [6, 6.07) is 6.61. The number of piperidine rings is 1. The highest BCUT2D eigenvalue weighted by Gasteiger charge is 2.25. The van der Waals surface area contributed by atoms with Gasteiger partial charge in [-0.15, -0.1) is 11.3 Å². The first-order valence-electron chi connectivity index (χ1n) is 6.83. The molecule has 110 valence electrons. The van der Waals surface area contributed by atoms with Crippen molar-refractivity contribution in [2.75, 3.05) is 13.1 Å². The van der Waals surface area contributed by atoms with Crippen LogP contribution in [0, 0.1) is 5.82 Å². The summed E-state index contributed by atoms with van der Waals surface area (Å²) in [7, 11) is 0. The van der Waals surface area contributed by atoms with E-state index in [1.54, 1.807) is 18.2 Å². The third-order valence-corrected chi connectivity index (χ3v) is 4.79. The van der Waals surface area contributed by atoms with Gasteiger partial charge in [0.25, 0.3) is 0 Å². The lowest BCUT2D eigenvalue weighted by atomic mass is 9.98. The number of nitrogens with zero attached hydrogens (tertiary/aromatic N) is 2. The number of likely N-dealkylation sites (tertiary alicyclic amines) is 1. The van der Waals surface area contributed by atoms with E-state index in [2.05, 4.69) is 4.98 Å². The van der Waals surface area contributed by atoms with Crippen molar-refractivity contribution in [2.24, 2.45) is 0 Å². The highest BCUT2D eigenvalue weighted by Crippen LogP contribution is 2.33. The van der Waals surface area contributed by atoms with E-state index in [-0.39, 0.29) is 11.7 Å². The lowest BCUT2D eigenvalue weighted by Gasteiger charge is -2.28. The van der Waals surface area contributed by atoms with Crippen LogP contribution in [-0.4, -0.2) is 34.2 Å². The van der Waals surface area contributed by atoms with Crippen LogP contribution in [0.1, 0.15) is 23.8 Å². The van der Waals surface area contributed by atoms with Crippen molar-refractivity contribution >= 4 is 17.4 Å². The van der Waals surface area contributed by atoms with Crippen LogP contribution in [0.15, 0.2) is 29.6 Å². The number of carboxylic acid groups (broad SMARTS) is 1. The summed E-state index contributed by atoms with van der Waals surface area (Å²) >= 11 is 1.53. The Kier molecular flexibility index (Phi) is 3.88. The first-order chi connectivity index (χ1) is 10.1. The van der Waals surface area contributed by atoms with E-state index in [9.17, 15) is 9.18 Å². The zero-order valence-electron chi connectivity index (χ0n) is 11.3. The Morgan fingerprint density at radius 3 is 2.71 bits per heavy atom. The molecule has 1 aromatic heterocycles. The monoisotopic (exact) mass is 306 g/mol. The van der Waals surface area contributed by atoms with Crippen molar-refractivity contribution in [1.29, 1.82) is 0 Å². The molecule has 21 heavy (non-hydrogen) atoms. The van der Waals surface area contributed by atoms with Crippen molar-refractivity contribution < 1.29 is 14.3 Å². The highest BCUT2D eigenvalue weighted by molar-refractivity contribution is 7.10. The van der Waals surface area contributed by atoms with Crippen molar-refractivity contribution in [3.63, 3.8) is 0 Å². The largest absolute Gasteiger partial charge is 0.465 e. The minimum Gasteiger partial charge on any atom is -0.465 e. The summed E-state index contributed by atoms with van der Waals surface area (Å²) in [4.78, 5) is 16.9. The van der Waals surface area contributed by atoms with Crippen LogP contribution in [0.5, 0.6) is 0 Å². The molecular formula is C15H15FN2O2S. The molecule has 6 heteroatoms. The van der Waals surface area contributed by atoms with Gasteiger partial charge in [-0.3, -0.25) is 0 Å². The molecule has 2 heterocycles. The number of hydrogen-bond donors (Lipinski definition) is 1. The molecule has 1 fully saturated rings. The second kappa shape index (κ2) is 5.81. The van der Waals surface area contributed by atoms with Gasteiger partial charge in [-0.1, -0.05) is 12.1 Å². The topological polar surface area (TPSA) is 53.4 Å². The molecule has 0 spiro atoms. The molecule has 3 rings (SSSR count). The van der Waals surface area contributed by atoms with Gasteiger partial charge >= 0.3 is 6.09 Å². The van der Waals surface area contributed by atoms with Crippen molar-refractivity contribution in [2.45, 2.75) is 18.8 Å². The average molecular weight is 306 g/mol. The van der Waals surface area contributed by atoms with Crippen LogP contribution in [0.3, 0.4) is 0 Å². The molecule has 0 bridgehead atoms. The number of halogens is 1. The number of rotatable bonds is 2. The summed E-state index contributed by atoms with van der Waals surface area (Å²) < 4.78 is 13.8. The van der Waals surface area contributed by atoms with Crippen molar-refractivity contribution in [3.05, 3.63) is 40.5 Å². The van der Waals surface area contributed by atoms with Crippen LogP contribution in [0.4, 0.5) is 9.18 Å². The molecular weight excluding hydrogens is 291 g/mol. The maximum absolute atomic E-state index is 13.8. The summed E-state index contributed by atoms with van der Waals surface area (Å²) in [5, 5.41) is 11.8. The van der Waals surface area contributed by atoms with Gasteiger partial charge < -0.3 is 10.0 Å². The number of thiazole rings is 1. The second-order valence-corrected chi connectivity index (χ2v) is 5.98. The Morgan fingerprint density at radius 2 is 2.05 bits per heavy atom. The number of carbonyl (C=O) groups is 1. The Labute approximate surface area is 125 Å². The molecule has 1 saturated heterocycles. The normalized spacial score (nSPS) is 16.1. The van der Waals surface area contributed by atoms with Crippen LogP contribution >= 0.6 is 11.3 Å². The smallest absolute Gasteiger partial charge is 0.407 e. The maximum Gasteiger partial charge on any atom is 0.407 e. The molecule has 0 saturated carbocycles. The summed E-state index contributed by atoms with van der Waals surface area (Å²) in [6.07, 6.45) is 0.687. The number of hydrogen-bond acceptors (Lipinski definition) is 3. The molecule has 1 aliphatic rings. The first kappa shape index (κ1) is 14.0. The predicted octanol–water partition coefficient (Wildman–Crippen LogP) is 3.81. The summed E-state index contributed by atoms with van der Waals surface area (Å²) in [6.45, 7) is 1.07. The number of aromatic nitrogens is 1. The molecule has 1 amide bonds. The Balaban J connectivity index is 1.74. The van der Waals surface area contributed by atoms with E-state index in [4.69, 9.17) is 5.11 Å². The lowest BCUT2D eigenvalue weighted by Crippen LogP contribution is -2.36. The maximum atomic E-state index is 13.8. The van der Waals surface area contributed by atoms with Crippen molar-refractivity contribution in [3.8, 4) is 11.3 Å². The fourth-order valence-corrected chi connectivity index (χ4v) is 3.58. The fourth-order valence-electron chi connectivity index (χ4n) is 2.59. The second-order valence-electron chi connectivity index (χ2n) is 5.09. The minimum absolute atomic E-state index is 0.268. The van der Waals surface area contributed by atoms with Gasteiger partial charge in [-0.2, -0.15) is 0 Å². The third-order valence-electron chi connectivity index (χ3n) is 3.79. The van der Waals surface area contributed by atoms with Crippen LogP contribution in [0.25, 0.3) is 11.3 Å². The minimum atomic E-state index is -0.861. The van der Waals surface area contributed by atoms with Crippen LogP contribution < -0.4 is 0 Å². The van der Waals surface area contributed by atoms with Gasteiger partial charge in [-0.05, 0) is 25.0 Å². The Bertz CT molecular complexity index is 651. The molecule has 1 N–H and O–H groups in total. The molecule has 0 atom stereocenters. The first-order valence-corrected chi connectivity index (χ1v) is 7.71. The summed E-state index contributed by atoms with van der Waals surface area (Å²) in [5.74, 6) is 0.00108. The van der Waals surface area contributed by atoms with Gasteiger partial charge in [0.2, 0.25) is 0 Å².